The lowest BCUT2D eigenvalue weighted by molar-refractivity contribution is -0.138. The van der Waals surface area contributed by atoms with Crippen molar-refractivity contribution in [3.05, 3.63) is 12.7 Å². The maximum atomic E-state index is 11.4. The number of carboxylic acid groups (broad SMARTS) is 1. The van der Waals surface area contributed by atoms with E-state index in [4.69, 9.17) is 9.84 Å². The largest absolute Gasteiger partial charge is 0.480 e. The quantitative estimate of drug-likeness (QED) is 0.564. The van der Waals surface area contributed by atoms with E-state index in [9.17, 15) is 9.59 Å². The lowest BCUT2D eigenvalue weighted by Gasteiger charge is -2.21. The van der Waals surface area contributed by atoms with Gasteiger partial charge in [0.15, 0.2) is 0 Å². The molecule has 2 N–H and O–H groups in total. The van der Waals surface area contributed by atoms with Crippen LogP contribution in [-0.2, 0) is 9.53 Å². The standard InChI is InChI=1S/C11H19NO4S/c1-5-6-17-7-8(9(13)14)12-10(15)16-11(2,3)4/h5,8H,1,6-7H2,2-4H3,(H,12,15)(H,13,14). The summed E-state index contributed by atoms with van der Waals surface area (Å²) >= 11 is 1.38. The molecule has 0 radical (unpaired) electrons. The summed E-state index contributed by atoms with van der Waals surface area (Å²) in [6, 6.07) is -0.949. The number of hydrogen-bond acceptors (Lipinski definition) is 4. The van der Waals surface area contributed by atoms with Crippen LogP contribution in [0.25, 0.3) is 0 Å². The van der Waals surface area contributed by atoms with E-state index in [2.05, 4.69) is 11.9 Å². The van der Waals surface area contributed by atoms with Gasteiger partial charge in [0, 0.05) is 11.5 Å². The molecule has 0 aromatic carbocycles. The fourth-order valence-corrected chi connectivity index (χ4v) is 1.66. The van der Waals surface area contributed by atoms with Crippen molar-refractivity contribution in [3.8, 4) is 0 Å². The third kappa shape index (κ3) is 8.62. The van der Waals surface area contributed by atoms with Crippen LogP contribution in [0.1, 0.15) is 20.8 Å². The Bertz CT molecular complexity index is 286. The molecule has 0 rings (SSSR count). The Balaban J connectivity index is 4.20. The normalized spacial score (nSPS) is 12.6. The summed E-state index contributed by atoms with van der Waals surface area (Å²) in [5.41, 5.74) is -0.638. The molecule has 0 saturated carbocycles. The minimum Gasteiger partial charge on any atom is -0.480 e. The second-order valence-corrected chi connectivity index (χ2v) is 5.44. The van der Waals surface area contributed by atoms with Crippen molar-refractivity contribution in [3.63, 3.8) is 0 Å². The zero-order chi connectivity index (χ0) is 13.5. The number of alkyl carbamates (subject to hydrolysis) is 1. The number of carbonyl (C=O) groups excluding carboxylic acids is 1. The maximum absolute atomic E-state index is 11.4. The molecule has 98 valence electrons. The fraction of sp³-hybridized carbons (Fsp3) is 0.636. The van der Waals surface area contributed by atoms with E-state index in [0.29, 0.717) is 5.75 Å². The molecule has 0 heterocycles. The second kappa shape index (κ2) is 7.21. The van der Waals surface area contributed by atoms with E-state index in [-0.39, 0.29) is 5.75 Å². The summed E-state index contributed by atoms with van der Waals surface area (Å²) in [7, 11) is 0. The molecular formula is C11H19NO4S. The van der Waals surface area contributed by atoms with Gasteiger partial charge in [-0.3, -0.25) is 0 Å². The number of rotatable bonds is 6. The van der Waals surface area contributed by atoms with Crippen LogP contribution >= 0.6 is 11.8 Å². The van der Waals surface area contributed by atoms with Crippen molar-refractivity contribution in [1.82, 2.24) is 5.32 Å². The Hall–Kier alpha value is -1.17. The van der Waals surface area contributed by atoms with Gasteiger partial charge in [-0.25, -0.2) is 9.59 Å². The Kier molecular flexibility index (Phi) is 6.72. The van der Waals surface area contributed by atoms with E-state index in [1.54, 1.807) is 26.8 Å². The average molecular weight is 261 g/mol. The van der Waals surface area contributed by atoms with Gasteiger partial charge < -0.3 is 15.2 Å². The van der Waals surface area contributed by atoms with E-state index in [1.807, 2.05) is 0 Å². The Labute approximate surface area is 106 Å². The second-order valence-electron chi connectivity index (χ2n) is 4.36. The van der Waals surface area contributed by atoms with Crippen LogP contribution < -0.4 is 5.32 Å². The molecule has 1 atom stereocenters. The summed E-state index contributed by atoms with van der Waals surface area (Å²) in [6.45, 7) is 8.68. The predicted octanol–water partition coefficient (Wildman–Crippen LogP) is 1.88. The summed E-state index contributed by atoms with van der Waals surface area (Å²) in [6.07, 6.45) is 0.959. The molecule has 0 aromatic heterocycles. The smallest absolute Gasteiger partial charge is 0.408 e. The summed E-state index contributed by atoms with van der Waals surface area (Å²) in [4.78, 5) is 22.3. The van der Waals surface area contributed by atoms with Gasteiger partial charge in [0.2, 0.25) is 0 Å². The molecule has 0 bridgehead atoms. The van der Waals surface area contributed by atoms with E-state index in [0.717, 1.165) is 0 Å². The Morgan fingerprint density at radius 1 is 1.53 bits per heavy atom. The number of aliphatic carboxylic acids is 1. The van der Waals surface area contributed by atoms with Gasteiger partial charge in [0.25, 0.3) is 0 Å². The lowest BCUT2D eigenvalue weighted by Crippen LogP contribution is -2.44. The van der Waals surface area contributed by atoms with Gasteiger partial charge in [-0.2, -0.15) is 11.8 Å². The monoisotopic (exact) mass is 261 g/mol. The molecule has 5 nitrogen and oxygen atoms in total. The van der Waals surface area contributed by atoms with Crippen molar-refractivity contribution < 1.29 is 19.4 Å². The van der Waals surface area contributed by atoms with Crippen LogP contribution in [0.3, 0.4) is 0 Å². The van der Waals surface area contributed by atoms with Gasteiger partial charge in [0.05, 0.1) is 0 Å². The average Bonchev–Trinajstić information content (AvgIpc) is 2.13. The van der Waals surface area contributed by atoms with Crippen molar-refractivity contribution in [2.75, 3.05) is 11.5 Å². The SMILES string of the molecule is C=CCSCC(NC(=O)OC(C)(C)C)C(=O)O. The first-order chi connectivity index (χ1) is 7.76. The molecule has 0 aliphatic rings. The molecule has 1 amide bonds. The van der Waals surface area contributed by atoms with Gasteiger partial charge >= 0.3 is 12.1 Å². The summed E-state index contributed by atoms with van der Waals surface area (Å²) in [5.74, 6) is -0.159. The molecule has 0 fully saturated rings. The first-order valence-electron chi connectivity index (χ1n) is 5.17. The molecular weight excluding hydrogens is 242 g/mol. The zero-order valence-corrected chi connectivity index (χ0v) is 11.2. The van der Waals surface area contributed by atoms with Crippen LogP contribution in [0.15, 0.2) is 12.7 Å². The van der Waals surface area contributed by atoms with Gasteiger partial charge in [-0.1, -0.05) is 6.08 Å². The third-order valence-corrected chi connectivity index (χ3v) is 2.55. The molecule has 17 heavy (non-hydrogen) atoms. The number of carbonyl (C=O) groups is 2. The molecule has 0 aliphatic heterocycles. The van der Waals surface area contributed by atoms with Gasteiger partial charge in [0.1, 0.15) is 11.6 Å². The van der Waals surface area contributed by atoms with Crippen molar-refractivity contribution in [2.45, 2.75) is 32.4 Å². The Morgan fingerprint density at radius 2 is 2.12 bits per heavy atom. The lowest BCUT2D eigenvalue weighted by atomic mass is 10.2. The minimum absolute atomic E-state index is 0.278. The number of amides is 1. The van der Waals surface area contributed by atoms with Crippen LogP contribution in [-0.4, -0.2) is 40.3 Å². The predicted molar refractivity (Wildman–Crippen MR) is 68.3 cm³/mol. The summed E-state index contributed by atoms with van der Waals surface area (Å²) < 4.78 is 4.98. The number of hydrogen-bond donors (Lipinski definition) is 2. The molecule has 0 aliphatic carbocycles. The van der Waals surface area contributed by atoms with Gasteiger partial charge in [-0.05, 0) is 20.8 Å². The number of nitrogens with one attached hydrogen (secondary N) is 1. The third-order valence-electron chi connectivity index (χ3n) is 1.51. The summed E-state index contributed by atoms with van der Waals surface area (Å²) in [5, 5.41) is 11.2. The van der Waals surface area contributed by atoms with Crippen LogP contribution in [0.2, 0.25) is 0 Å². The highest BCUT2D eigenvalue weighted by Gasteiger charge is 2.23. The van der Waals surface area contributed by atoms with Crippen molar-refractivity contribution in [2.24, 2.45) is 0 Å². The first-order valence-corrected chi connectivity index (χ1v) is 6.32. The number of ether oxygens (including phenoxy) is 1. The minimum atomic E-state index is -1.08. The molecule has 6 heteroatoms. The van der Waals surface area contributed by atoms with Crippen LogP contribution in [0.4, 0.5) is 4.79 Å². The van der Waals surface area contributed by atoms with E-state index >= 15 is 0 Å². The van der Waals surface area contributed by atoms with E-state index < -0.39 is 23.7 Å². The van der Waals surface area contributed by atoms with Crippen LogP contribution in [0.5, 0.6) is 0 Å². The van der Waals surface area contributed by atoms with Crippen molar-refractivity contribution in [1.29, 1.82) is 0 Å². The van der Waals surface area contributed by atoms with Crippen LogP contribution in [0, 0.1) is 0 Å². The Morgan fingerprint density at radius 3 is 2.53 bits per heavy atom. The molecule has 1 unspecified atom stereocenters. The molecule has 0 aromatic rings. The first kappa shape index (κ1) is 15.8. The molecule has 0 spiro atoms. The number of thioether (sulfide) groups is 1. The number of carboxylic acids is 1. The van der Waals surface area contributed by atoms with Gasteiger partial charge in [-0.15, -0.1) is 6.58 Å². The van der Waals surface area contributed by atoms with Crippen molar-refractivity contribution >= 4 is 23.8 Å². The topological polar surface area (TPSA) is 75.6 Å². The highest BCUT2D eigenvalue weighted by molar-refractivity contribution is 7.99. The molecule has 0 saturated heterocycles. The zero-order valence-electron chi connectivity index (χ0n) is 10.4. The maximum Gasteiger partial charge on any atom is 0.408 e. The fourth-order valence-electron chi connectivity index (χ4n) is 0.894. The highest BCUT2D eigenvalue weighted by atomic mass is 32.2. The highest BCUT2D eigenvalue weighted by Crippen LogP contribution is 2.08. The van der Waals surface area contributed by atoms with E-state index in [1.165, 1.54) is 11.8 Å².